The molecule has 5 aromatic rings. The lowest BCUT2D eigenvalue weighted by atomic mass is 9.97. The van der Waals surface area contributed by atoms with Crippen LogP contribution in [0.25, 0.3) is 32.3 Å². The molecule has 37 heavy (non-hydrogen) atoms. The van der Waals surface area contributed by atoms with E-state index < -0.39 is 12.1 Å². The summed E-state index contributed by atoms with van der Waals surface area (Å²) in [5, 5.41) is 11.0. The van der Waals surface area contributed by atoms with Crippen molar-refractivity contribution in [1.29, 1.82) is 0 Å². The molecule has 3 nitrogen and oxygen atoms in total. The summed E-state index contributed by atoms with van der Waals surface area (Å²) < 4.78 is 7.17. The molecule has 4 heteroatoms. The zero-order valence-electron chi connectivity index (χ0n) is 20.9. The SMILES string of the molecule is CCCCc1sc2ccccc2c1-c1ccc(-c2ccc(OC(Cc3ccccc3)C(=O)O)cc2)cc1. The van der Waals surface area contributed by atoms with Gasteiger partial charge in [-0.3, -0.25) is 0 Å². The maximum Gasteiger partial charge on any atom is 0.345 e. The van der Waals surface area contributed by atoms with Crippen molar-refractivity contribution in [3.05, 3.63) is 114 Å². The summed E-state index contributed by atoms with van der Waals surface area (Å²) in [6.45, 7) is 2.24. The van der Waals surface area contributed by atoms with Crippen molar-refractivity contribution in [2.75, 3.05) is 0 Å². The van der Waals surface area contributed by atoms with Crippen LogP contribution in [0.4, 0.5) is 0 Å². The number of rotatable bonds is 10. The Balaban J connectivity index is 1.34. The van der Waals surface area contributed by atoms with E-state index in [4.69, 9.17) is 4.74 Å². The van der Waals surface area contributed by atoms with E-state index in [1.165, 1.54) is 38.9 Å². The number of aliphatic carboxylic acids is 1. The fourth-order valence-electron chi connectivity index (χ4n) is 4.65. The lowest BCUT2D eigenvalue weighted by molar-refractivity contribution is -0.145. The van der Waals surface area contributed by atoms with Gasteiger partial charge in [0.25, 0.3) is 0 Å². The molecule has 0 saturated heterocycles. The van der Waals surface area contributed by atoms with Crippen LogP contribution in [0.15, 0.2) is 103 Å². The summed E-state index contributed by atoms with van der Waals surface area (Å²) in [5.41, 5.74) is 5.72. The summed E-state index contributed by atoms with van der Waals surface area (Å²) in [5.74, 6) is -0.420. The number of carboxylic acids is 1. The van der Waals surface area contributed by atoms with Gasteiger partial charge >= 0.3 is 5.97 Å². The van der Waals surface area contributed by atoms with E-state index in [9.17, 15) is 9.90 Å². The molecular formula is C33H30O3S. The summed E-state index contributed by atoms with van der Waals surface area (Å²) in [7, 11) is 0. The smallest absolute Gasteiger partial charge is 0.345 e. The Hall–Kier alpha value is -3.89. The summed E-state index contributed by atoms with van der Waals surface area (Å²) in [6.07, 6.45) is 2.87. The third-order valence-electron chi connectivity index (χ3n) is 6.60. The van der Waals surface area contributed by atoms with Crippen LogP contribution in [0.2, 0.25) is 0 Å². The van der Waals surface area contributed by atoms with Gasteiger partial charge in [-0.05, 0) is 53.3 Å². The fourth-order valence-corrected chi connectivity index (χ4v) is 5.92. The predicted octanol–water partition coefficient (Wildman–Crippen LogP) is 8.65. The maximum absolute atomic E-state index is 11.8. The van der Waals surface area contributed by atoms with Crippen LogP contribution in [-0.4, -0.2) is 17.2 Å². The highest BCUT2D eigenvalue weighted by Crippen LogP contribution is 2.40. The van der Waals surface area contributed by atoms with Gasteiger partial charge in [0, 0.05) is 26.9 Å². The number of carbonyl (C=O) groups is 1. The van der Waals surface area contributed by atoms with Crippen LogP contribution >= 0.6 is 11.3 Å². The molecule has 1 N–H and O–H groups in total. The first-order valence-corrected chi connectivity index (χ1v) is 13.6. The van der Waals surface area contributed by atoms with Crippen molar-refractivity contribution in [1.82, 2.24) is 0 Å². The number of ether oxygens (including phenoxy) is 1. The van der Waals surface area contributed by atoms with E-state index in [0.29, 0.717) is 12.2 Å². The molecule has 1 heterocycles. The van der Waals surface area contributed by atoms with Crippen molar-refractivity contribution in [2.45, 2.75) is 38.7 Å². The third-order valence-corrected chi connectivity index (χ3v) is 7.84. The molecule has 1 atom stereocenters. The standard InChI is InChI=1S/C33H30O3S/c1-2-3-12-31-32(28-11-7-8-13-30(28)37-31)26-16-14-24(15-17-26)25-18-20-27(21-19-25)36-29(33(34)35)22-23-9-5-4-6-10-23/h4-11,13-21,29H,2-3,12,22H2,1H3,(H,34,35). The molecule has 0 bridgehead atoms. The topological polar surface area (TPSA) is 46.5 Å². The number of benzene rings is 4. The van der Waals surface area contributed by atoms with Crippen molar-refractivity contribution in [3.63, 3.8) is 0 Å². The van der Waals surface area contributed by atoms with Crippen LogP contribution in [0.1, 0.15) is 30.2 Å². The van der Waals surface area contributed by atoms with Gasteiger partial charge in [0.15, 0.2) is 6.10 Å². The second-order valence-electron chi connectivity index (χ2n) is 9.24. The van der Waals surface area contributed by atoms with Gasteiger partial charge in [0.05, 0.1) is 0 Å². The number of unbranched alkanes of at least 4 members (excludes halogenated alkanes) is 1. The van der Waals surface area contributed by atoms with Gasteiger partial charge in [-0.25, -0.2) is 4.79 Å². The van der Waals surface area contributed by atoms with Crippen LogP contribution in [0.3, 0.4) is 0 Å². The Bertz CT molecular complexity index is 1470. The van der Waals surface area contributed by atoms with E-state index >= 15 is 0 Å². The Labute approximate surface area is 222 Å². The minimum Gasteiger partial charge on any atom is -0.478 e. The molecule has 0 radical (unpaired) electrons. The highest BCUT2D eigenvalue weighted by molar-refractivity contribution is 7.19. The molecule has 1 unspecified atom stereocenters. The third kappa shape index (κ3) is 5.76. The Morgan fingerprint density at radius 3 is 2.11 bits per heavy atom. The van der Waals surface area contributed by atoms with Crippen molar-refractivity contribution >= 4 is 27.4 Å². The summed E-state index contributed by atoms with van der Waals surface area (Å²) in [6, 6.07) is 34.6. The number of thiophene rings is 1. The van der Waals surface area contributed by atoms with Gasteiger partial charge in [-0.1, -0.05) is 98.3 Å². The monoisotopic (exact) mass is 506 g/mol. The lowest BCUT2D eigenvalue weighted by Gasteiger charge is -2.15. The van der Waals surface area contributed by atoms with Crippen LogP contribution < -0.4 is 4.74 Å². The number of aryl methyl sites for hydroxylation is 1. The maximum atomic E-state index is 11.8. The van der Waals surface area contributed by atoms with Gasteiger partial charge in [-0.2, -0.15) is 0 Å². The zero-order valence-corrected chi connectivity index (χ0v) is 21.7. The second-order valence-corrected chi connectivity index (χ2v) is 10.4. The second kappa shape index (κ2) is 11.4. The number of carboxylic acid groups (broad SMARTS) is 1. The molecule has 0 saturated carbocycles. The Morgan fingerprint density at radius 1 is 0.811 bits per heavy atom. The molecule has 5 rings (SSSR count). The number of fused-ring (bicyclic) bond motifs is 1. The summed E-state index contributed by atoms with van der Waals surface area (Å²) >= 11 is 1.91. The Kier molecular flexibility index (Phi) is 7.67. The molecular weight excluding hydrogens is 476 g/mol. The molecule has 0 aliphatic rings. The molecule has 0 spiro atoms. The van der Waals surface area contributed by atoms with Crippen LogP contribution in [-0.2, 0) is 17.6 Å². The Morgan fingerprint density at radius 2 is 1.43 bits per heavy atom. The van der Waals surface area contributed by atoms with Gasteiger partial charge < -0.3 is 9.84 Å². The first-order valence-electron chi connectivity index (χ1n) is 12.8. The van der Waals surface area contributed by atoms with Crippen molar-refractivity contribution in [3.8, 4) is 28.0 Å². The molecule has 0 aliphatic carbocycles. The highest BCUT2D eigenvalue weighted by atomic mass is 32.1. The molecule has 0 amide bonds. The van der Waals surface area contributed by atoms with E-state index in [0.717, 1.165) is 23.1 Å². The van der Waals surface area contributed by atoms with Crippen molar-refractivity contribution < 1.29 is 14.6 Å². The quantitative estimate of drug-likeness (QED) is 0.206. The molecule has 1 aromatic heterocycles. The highest BCUT2D eigenvalue weighted by Gasteiger charge is 2.20. The number of hydrogen-bond acceptors (Lipinski definition) is 3. The average Bonchev–Trinajstić information content (AvgIpc) is 3.31. The largest absolute Gasteiger partial charge is 0.478 e. The van der Waals surface area contributed by atoms with E-state index in [1.807, 2.05) is 65.9 Å². The normalized spacial score (nSPS) is 11.9. The predicted molar refractivity (Wildman–Crippen MR) is 154 cm³/mol. The number of hydrogen-bond donors (Lipinski definition) is 1. The van der Waals surface area contributed by atoms with E-state index in [1.54, 1.807) is 0 Å². The average molecular weight is 507 g/mol. The lowest BCUT2D eigenvalue weighted by Crippen LogP contribution is -2.29. The minimum atomic E-state index is -0.970. The molecule has 0 fully saturated rings. The molecule has 4 aromatic carbocycles. The molecule has 0 aliphatic heterocycles. The van der Waals surface area contributed by atoms with Crippen LogP contribution in [0.5, 0.6) is 5.75 Å². The van der Waals surface area contributed by atoms with E-state index in [2.05, 4.69) is 55.5 Å². The van der Waals surface area contributed by atoms with Gasteiger partial charge in [0.1, 0.15) is 5.75 Å². The first-order chi connectivity index (χ1) is 18.1. The van der Waals surface area contributed by atoms with Crippen molar-refractivity contribution in [2.24, 2.45) is 0 Å². The zero-order chi connectivity index (χ0) is 25.6. The van der Waals surface area contributed by atoms with Gasteiger partial charge in [0.2, 0.25) is 0 Å². The summed E-state index contributed by atoms with van der Waals surface area (Å²) in [4.78, 5) is 13.2. The minimum absolute atomic E-state index is 0.316. The van der Waals surface area contributed by atoms with Crippen LogP contribution in [0, 0.1) is 0 Å². The van der Waals surface area contributed by atoms with Gasteiger partial charge in [-0.15, -0.1) is 11.3 Å². The van der Waals surface area contributed by atoms with E-state index in [-0.39, 0.29) is 0 Å². The molecule has 186 valence electrons. The first kappa shape index (κ1) is 24.8. The fraction of sp³-hybridized carbons (Fsp3) is 0.182.